The molecule has 0 spiro atoms. The predicted octanol–water partition coefficient (Wildman–Crippen LogP) is 1.32. The number of quaternary nitrogens is 1. The number of hydrogen-bond acceptors (Lipinski definition) is 4. The number of likely N-dealkylation sites (N-methyl/N-ethyl adjacent to an activating group) is 1. The Morgan fingerprint density at radius 1 is 1.38 bits per heavy atom. The Bertz CT molecular complexity index is 653. The number of rotatable bonds is 6. The molecule has 21 heavy (non-hydrogen) atoms. The van der Waals surface area contributed by atoms with Crippen molar-refractivity contribution in [2.24, 2.45) is 5.73 Å². The van der Waals surface area contributed by atoms with E-state index in [-0.39, 0.29) is 5.91 Å². The second-order valence-corrected chi connectivity index (χ2v) is 8.06. The first-order chi connectivity index (χ1) is 9.95. The highest BCUT2D eigenvalue weighted by molar-refractivity contribution is 9.11. The van der Waals surface area contributed by atoms with Gasteiger partial charge in [-0.2, -0.15) is 0 Å². The van der Waals surface area contributed by atoms with E-state index >= 15 is 0 Å². The quantitative estimate of drug-likeness (QED) is 0.697. The van der Waals surface area contributed by atoms with E-state index in [0.717, 1.165) is 15.2 Å². The van der Waals surface area contributed by atoms with Gasteiger partial charge in [0.2, 0.25) is 0 Å². The molecule has 0 aliphatic heterocycles. The fourth-order valence-electron chi connectivity index (χ4n) is 1.85. The molecule has 0 fully saturated rings. The van der Waals surface area contributed by atoms with E-state index in [1.807, 2.05) is 19.2 Å². The maximum atomic E-state index is 12.0. The molecule has 0 radical (unpaired) electrons. The SMILES string of the molecule is C[NH+](CC(=O)Nc1sccc1C(N)=O)Cc1ccc(Br)s1. The maximum absolute atomic E-state index is 12.0. The molecule has 0 bridgehead atoms. The van der Waals surface area contributed by atoms with Crippen LogP contribution in [-0.4, -0.2) is 25.4 Å². The Hall–Kier alpha value is -1.22. The Morgan fingerprint density at radius 3 is 2.76 bits per heavy atom. The van der Waals surface area contributed by atoms with Crippen molar-refractivity contribution in [2.75, 3.05) is 18.9 Å². The van der Waals surface area contributed by atoms with E-state index in [9.17, 15) is 9.59 Å². The van der Waals surface area contributed by atoms with Crippen molar-refractivity contribution in [3.63, 3.8) is 0 Å². The molecule has 8 heteroatoms. The number of primary amides is 1. The van der Waals surface area contributed by atoms with Crippen LogP contribution in [0.4, 0.5) is 5.00 Å². The summed E-state index contributed by atoms with van der Waals surface area (Å²) in [4.78, 5) is 25.5. The average molecular weight is 389 g/mol. The molecule has 1 unspecified atom stereocenters. The first-order valence-corrected chi connectivity index (χ1v) is 8.67. The highest BCUT2D eigenvalue weighted by Crippen LogP contribution is 2.22. The zero-order valence-corrected chi connectivity index (χ0v) is 14.5. The summed E-state index contributed by atoms with van der Waals surface area (Å²) in [7, 11) is 1.95. The number of amides is 2. The summed E-state index contributed by atoms with van der Waals surface area (Å²) in [5, 5.41) is 4.99. The lowest BCUT2D eigenvalue weighted by molar-refractivity contribution is -0.884. The second-order valence-electron chi connectivity index (χ2n) is 4.59. The van der Waals surface area contributed by atoms with E-state index in [0.29, 0.717) is 17.1 Å². The van der Waals surface area contributed by atoms with Gasteiger partial charge in [-0.05, 0) is 39.5 Å². The number of anilines is 1. The van der Waals surface area contributed by atoms with Crippen LogP contribution < -0.4 is 16.0 Å². The van der Waals surface area contributed by atoms with Gasteiger partial charge in [-0.1, -0.05) is 0 Å². The fraction of sp³-hybridized carbons (Fsp3) is 0.231. The van der Waals surface area contributed by atoms with E-state index in [2.05, 4.69) is 21.2 Å². The van der Waals surface area contributed by atoms with Crippen LogP contribution in [-0.2, 0) is 11.3 Å². The highest BCUT2D eigenvalue weighted by Gasteiger charge is 2.16. The number of carbonyl (C=O) groups excluding carboxylic acids is 2. The van der Waals surface area contributed by atoms with Crippen LogP contribution in [0.1, 0.15) is 15.2 Å². The van der Waals surface area contributed by atoms with Gasteiger partial charge in [0.15, 0.2) is 6.54 Å². The number of hydrogen-bond donors (Lipinski definition) is 3. The van der Waals surface area contributed by atoms with Gasteiger partial charge >= 0.3 is 0 Å². The van der Waals surface area contributed by atoms with Crippen molar-refractivity contribution in [3.8, 4) is 0 Å². The Balaban J connectivity index is 1.89. The van der Waals surface area contributed by atoms with Gasteiger partial charge in [-0.15, -0.1) is 22.7 Å². The number of nitrogens with two attached hydrogens (primary N) is 1. The topological polar surface area (TPSA) is 76.6 Å². The van der Waals surface area contributed by atoms with Gasteiger partial charge in [-0.3, -0.25) is 9.59 Å². The van der Waals surface area contributed by atoms with Crippen molar-refractivity contribution in [2.45, 2.75) is 6.54 Å². The summed E-state index contributed by atoms with van der Waals surface area (Å²) in [6.07, 6.45) is 0. The fourth-order valence-corrected chi connectivity index (χ4v) is 4.26. The molecule has 2 aromatic heterocycles. The Kier molecular flexibility index (Phi) is 5.51. The van der Waals surface area contributed by atoms with Crippen molar-refractivity contribution in [1.29, 1.82) is 0 Å². The van der Waals surface area contributed by atoms with Crippen LogP contribution in [0.5, 0.6) is 0 Å². The molecule has 112 valence electrons. The monoisotopic (exact) mass is 388 g/mol. The zero-order chi connectivity index (χ0) is 15.4. The summed E-state index contributed by atoms with van der Waals surface area (Å²) >= 11 is 6.38. The molecule has 2 amide bonds. The number of nitrogens with one attached hydrogen (secondary N) is 2. The number of halogens is 1. The van der Waals surface area contributed by atoms with E-state index in [1.165, 1.54) is 16.2 Å². The number of thiophene rings is 2. The summed E-state index contributed by atoms with van der Waals surface area (Å²) in [5.41, 5.74) is 5.60. The van der Waals surface area contributed by atoms with Crippen LogP contribution in [0.25, 0.3) is 0 Å². The first-order valence-electron chi connectivity index (χ1n) is 6.18. The van der Waals surface area contributed by atoms with Crippen LogP contribution in [0.3, 0.4) is 0 Å². The van der Waals surface area contributed by atoms with Gasteiger partial charge < -0.3 is 16.0 Å². The van der Waals surface area contributed by atoms with Crippen molar-refractivity contribution in [3.05, 3.63) is 37.8 Å². The van der Waals surface area contributed by atoms with E-state index in [1.54, 1.807) is 22.8 Å². The van der Waals surface area contributed by atoms with Crippen LogP contribution >= 0.6 is 38.6 Å². The number of carbonyl (C=O) groups is 2. The predicted molar refractivity (Wildman–Crippen MR) is 88.9 cm³/mol. The lowest BCUT2D eigenvalue weighted by atomic mass is 10.3. The van der Waals surface area contributed by atoms with Gasteiger partial charge in [-0.25, -0.2) is 0 Å². The third kappa shape index (κ3) is 4.63. The van der Waals surface area contributed by atoms with E-state index < -0.39 is 5.91 Å². The lowest BCUT2D eigenvalue weighted by Gasteiger charge is -2.12. The molecule has 2 aromatic rings. The summed E-state index contributed by atoms with van der Waals surface area (Å²) in [6.45, 7) is 1.10. The molecular weight excluding hydrogens is 374 g/mol. The van der Waals surface area contributed by atoms with Gasteiger partial charge in [0.1, 0.15) is 11.5 Å². The normalized spacial score (nSPS) is 12.1. The van der Waals surface area contributed by atoms with Gasteiger partial charge in [0.25, 0.3) is 11.8 Å². The van der Waals surface area contributed by atoms with Gasteiger partial charge in [0.05, 0.1) is 21.3 Å². The van der Waals surface area contributed by atoms with Crippen LogP contribution in [0, 0.1) is 0 Å². The van der Waals surface area contributed by atoms with Gasteiger partial charge in [0, 0.05) is 0 Å². The molecule has 2 rings (SSSR count). The summed E-state index contributed by atoms with van der Waals surface area (Å²) in [5.74, 6) is -0.663. The first kappa shape index (κ1) is 16.2. The molecule has 0 saturated heterocycles. The third-order valence-corrected chi connectivity index (χ3v) is 5.20. The molecule has 0 saturated carbocycles. The standard InChI is InChI=1S/C13H14BrN3O2S2/c1-17(6-8-2-3-10(14)21-8)7-11(18)16-13-9(12(15)19)4-5-20-13/h2-5H,6-7H2,1H3,(H2,15,19)(H,16,18)/p+1. The second kappa shape index (κ2) is 7.17. The smallest absolute Gasteiger partial charge is 0.280 e. The minimum atomic E-state index is -0.532. The molecular formula is C13H15BrN3O2S2+. The Morgan fingerprint density at radius 2 is 2.14 bits per heavy atom. The minimum absolute atomic E-state index is 0.131. The van der Waals surface area contributed by atoms with Crippen LogP contribution in [0.2, 0.25) is 0 Å². The zero-order valence-electron chi connectivity index (χ0n) is 11.3. The molecule has 0 aliphatic carbocycles. The minimum Gasteiger partial charge on any atom is -0.366 e. The van der Waals surface area contributed by atoms with Crippen LogP contribution in [0.15, 0.2) is 27.4 Å². The van der Waals surface area contributed by atoms with Crippen molar-refractivity contribution >= 4 is 55.4 Å². The molecule has 0 aliphatic rings. The lowest BCUT2D eigenvalue weighted by Crippen LogP contribution is -3.08. The van der Waals surface area contributed by atoms with Crippen molar-refractivity contribution in [1.82, 2.24) is 0 Å². The largest absolute Gasteiger partial charge is 0.366 e. The van der Waals surface area contributed by atoms with Crippen molar-refractivity contribution < 1.29 is 14.5 Å². The van der Waals surface area contributed by atoms with E-state index in [4.69, 9.17) is 5.73 Å². The maximum Gasteiger partial charge on any atom is 0.280 e. The molecule has 5 nitrogen and oxygen atoms in total. The summed E-state index contributed by atoms with van der Waals surface area (Å²) < 4.78 is 1.08. The average Bonchev–Trinajstić information content (AvgIpc) is 2.98. The molecule has 0 aromatic carbocycles. The Labute approximate surface area is 138 Å². The third-order valence-electron chi connectivity index (χ3n) is 2.75. The molecule has 2 heterocycles. The summed E-state index contributed by atoms with van der Waals surface area (Å²) in [6, 6.07) is 5.65. The highest BCUT2D eigenvalue weighted by atomic mass is 79.9. The molecule has 1 atom stereocenters. The molecule has 4 N–H and O–H groups in total.